The van der Waals surface area contributed by atoms with Crippen LogP contribution in [0.3, 0.4) is 0 Å². The summed E-state index contributed by atoms with van der Waals surface area (Å²) in [5.41, 5.74) is 3.06. The number of aromatic nitrogens is 1. The van der Waals surface area contributed by atoms with Crippen molar-refractivity contribution in [1.82, 2.24) is 4.98 Å². The second-order valence-corrected chi connectivity index (χ2v) is 4.62. The van der Waals surface area contributed by atoms with Gasteiger partial charge in [-0.1, -0.05) is 24.0 Å². The molecule has 0 spiro atoms. The molecule has 0 atom stereocenters. The molecule has 1 aromatic carbocycles. The third-order valence-electron chi connectivity index (χ3n) is 2.77. The summed E-state index contributed by atoms with van der Waals surface area (Å²) in [7, 11) is 0. The van der Waals surface area contributed by atoms with Crippen molar-refractivity contribution in [1.29, 1.82) is 0 Å². The highest BCUT2D eigenvalue weighted by Crippen LogP contribution is 2.19. The van der Waals surface area contributed by atoms with Crippen LogP contribution >= 0.6 is 11.6 Å². The van der Waals surface area contributed by atoms with E-state index in [0.29, 0.717) is 12.5 Å². The minimum Gasteiger partial charge on any atom is -0.492 e. The number of rotatable bonds is 4. The van der Waals surface area contributed by atoms with Crippen LogP contribution in [0.2, 0.25) is 0 Å². The van der Waals surface area contributed by atoms with Crippen LogP contribution in [0.4, 0.5) is 0 Å². The number of hydrogen-bond donors (Lipinski definition) is 0. The Balaban J connectivity index is 2.02. The van der Waals surface area contributed by atoms with Gasteiger partial charge in [-0.2, -0.15) is 0 Å². The Bertz CT molecular complexity index is 614. The van der Waals surface area contributed by atoms with Crippen molar-refractivity contribution in [2.75, 3.05) is 12.5 Å². The fourth-order valence-corrected chi connectivity index (χ4v) is 1.87. The first-order valence-electron chi connectivity index (χ1n) is 6.48. The van der Waals surface area contributed by atoms with E-state index < -0.39 is 0 Å². The van der Waals surface area contributed by atoms with Gasteiger partial charge in [0.15, 0.2) is 0 Å². The first-order valence-corrected chi connectivity index (χ1v) is 7.01. The highest BCUT2D eigenvalue weighted by atomic mass is 35.5. The number of aryl methyl sites for hydroxylation is 1. The largest absolute Gasteiger partial charge is 0.492 e. The lowest BCUT2D eigenvalue weighted by Crippen LogP contribution is -2.04. The number of halogens is 1. The zero-order valence-electron chi connectivity index (χ0n) is 11.4. The van der Waals surface area contributed by atoms with Crippen LogP contribution in [0.25, 0.3) is 0 Å². The first-order chi connectivity index (χ1) is 9.79. The van der Waals surface area contributed by atoms with Gasteiger partial charge in [0.05, 0.1) is 18.1 Å². The third kappa shape index (κ3) is 4.29. The van der Waals surface area contributed by atoms with E-state index in [9.17, 15) is 0 Å². The molecule has 0 bridgehead atoms. The van der Waals surface area contributed by atoms with Crippen LogP contribution in [0.1, 0.15) is 16.8 Å². The summed E-state index contributed by atoms with van der Waals surface area (Å²) in [5.74, 6) is 7.01. The molecule has 102 valence electrons. The quantitative estimate of drug-likeness (QED) is 0.632. The molecule has 1 heterocycles. The van der Waals surface area contributed by atoms with Gasteiger partial charge in [0.2, 0.25) is 0 Å². The molecular formula is C17H16ClNO. The van der Waals surface area contributed by atoms with Gasteiger partial charge >= 0.3 is 0 Å². The van der Waals surface area contributed by atoms with Gasteiger partial charge in [-0.05, 0) is 36.8 Å². The van der Waals surface area contributed by atoms with E-state index >= 15 is 0 Å². The molecule has 2 rings (SSSR count). The maximum atomic E-state index is 5.81. The Morgan fingerprint density at radius 2 is 2.15 bits per heavy atom. The summed E-state index contributed by atoms with van der Waals surface area (Å²) in [6, 6.07) is 11.9. The van der Waals surface area contributed by atoms with Gasteiger partial charge in [-0.25, -0.2) is 0 Å². The topological polar surface area (TPSA) is 22.1 Å². The molecule has 2 aromatic rings. The van der Waals surface area contributed by atoms with E-state index in [1.807, 2.05) is 43.3 Å². The Morgan fingerprint density at radius 3 is 2.90 bits per heavy atom. The van der Waals surface area contributed by atoms with Crippen LogP contribution in [0.5, 0.6) is 5.75 Å². The number of ether oxygens (including phenoxy) is 1. The Kier molecular flexibility index (Phi) is 5.46. The van der Waals surface area contributed by atoms with E-state index in [1.165, 1.54) is 0 Å². The van der Waals surface area contributed by atoms with Crippen molar-refractivity contribution in [3.8, 4) is 17.6 Å². The van der Waals surface area contributed by atoms with Crippen molar-refractivity contribution in [2.45, 2.75) is 13.3 Å². The van der Waals surface area contributed by atoms with Crippen molar-refractivity contribution in [3.63, 3.8) is 0 Å². The lowest BCUT2D eigenvalue weighted by molar-refractivity contribution is 0.319. The first kappa shape index (κ1) is 14.4. The molecule has 0 radical (unpaired) electrons. The number of hydrogen-bond acceptors (Lipinski definition) is 2. The van der Waals surface area contributed by atoms with Crippen molar-refractivity contribution in [3.05, 3.63) is 59.4 Å². The number of pyridine rings is 1. The Labute approximate surface area is 124 Å². The highest BCUT2D eigenvalue weighted by molar-refractivity contribution is 6.19. The number of nitrogens with zero attached hydrogens (tertiary/aromatic N) is 1. The maximum absolute atomic E-state index is 5.81. The van der Waals surface area contributed by atoms with Crippen molar-refractivity contribution in [2.24, 2.45) is 0 Å². The average molecular weight is 286 g/mol. The molecule has 0 unspecified atom stereocenters. The minimum absolute atomic E-state index is 0.321. The molecule has 0 saturated heterocycles. The summed E-state index contributed by atoms with van der Waals surface area (Å²) in [6.07, 6.45) is 2.57. The molecular weight excluding hydrogens is 270 g/mol. The lowest BCUT2D eigenvalue weighted by Gasteiger charge is -2.08. The summed E-state index contributed by atoms with van der Waals surface area (Å²) in [6.45, 7) is 2.61. The van der Waals surface area contributed by atoms with E-state index in [-0.39, 0.29) is 0 Å². The van der Waals surface area contributed by atoms with E-state index in [4.69, 9.17) is 16.3 Å². The van der Waals surface area contributed by atoms with Gasteiger partial charge in [0.1, 0.15) is 5.75 Å². The van der Waals surface area contributed by atoms with E-state index in [0.717, 1.165) is 29.0 Å². The predicted octanol–water partition coefficient (Wildman–Crippen LogP) is 3.60. The monoisotopic (exact) mass is 285 g/mol. The zero-order valence-corrected chi connectivity index (χ0v) is 12.2. The molecule has 0 fully saturated rings. The SMILES string of the molecule is Cc1ccc(OCCc2ccccn2)c(C#CCCl)c1. The Morgan fingerprint density at radius 1 is 1.25 bits per heavy atom. The molecule has 0 aliphatic rings. The fraction of sp³-hybridized carbons (Fsp3) is 0.235. The van der Waals surface area contributed by atoms with E-state index in [1.54, 1.807) is 6.20 Å². The lowest BCUT2D eigenvalue weighted by atomic mass is 10.1. The van der Waals surface area contributed by atoms with Gasteiger partial charge in [-0.15, -0.1) is 11.6 Å². The molecule has 0 aliphatic carbocycles. The average Bonchev–Trinajstić information content (AvgIpc) is 2.48. The Hall–Kier alpha value is -1.98. The van der Waals surface area contributed by atoms with Crippen LogP contribution in [-0.2, 0) is 6.42 Å². The number of benzene rings is 1. The second kappa shape index (κ2) is 7.57. The normalized spacial score (nSPS) is 9.70. The van der Waals surface area contributed by atoms with Crippen LogP contribution in [0, 0.1) is 18.8 Å². The molecule has 0 N–H and O–H groups in total. The second-order valence-electron chi connectivity index (χ2n) is 4.35. The summed E-state index contributed by atoms with van der Waals surface area (Å²) in [4.78, 5) is 4.27. The van der Waals surface area contributed by atoms with Crippen molar-refractivity contribution >= 4 is 11.6 Å². The highest BCUT2D eigenvalue weighted by Gasteiger charge is 2.02. The molecule has 2 nitrogen and oxygen atoms in total. The summed E-state index contributed by atoms with van der Waals surface area (Å²) in [5, 5.41) is 0. The molecule has 3 heteroatoms. The van der Waals surface area contributed by atoms with Crippen LogP contribution in [-0.4, -0.2) is 17.5 Å². The van der Waals surface area contributed by atoms with Gasteiger partial charge in [-0.3, -0.25) is 4.98 Å². The van der Waals surface area contributed by atoms with Crippen LogP contribution in [0.15, 0.2) is 42.6 Å². The smallest absolute Gasteiger partial charge is 0.134 e. The zero-order chi connectivity index (χ0) is 14.2. The third-order valence-corrected chi connectivity index (χ3v) is 2.90. The summed E-state index contributed by atoms with van der Waals surface area (Å²) < 4.78 is 5.81. The molecule has 0 saturated carbocycles. The minimum atomic E-state index is 0.321. The van der Waals surface area contributed by atoms with Gasteiger partial charge in [0.25, 0.3) is 0 Å². The molecule has 0 aliphatic heterocycles. The van der Waals surface area contributed by atoms with E-state index in [2.05, 4.69) is 16.8 Å². The van der Waals surface area contributed by atoms with Crippen LogP contribution < -0.4 is 4.74 Å². The molecule has 1 aromatic heterocycles. The molecule has 0 amide bonds. The standard InChI is InChI=1S/C17H16ClNO/c1-14-7-8-17(15(13-14)5-4-10-18)20-12-9-16-6-2-3-11-19-16/h2-3,6-8,11,13H,9-10,12H2,1H3. The predicted molar refractivity (Wildman–Crippen MR) is 82.2 cm³/mol. The summed E-state index contributed by atoms with van der Waals surface area (Å²) >= 11 is 5.61. The molecule has 20 heavy (non-hydrogen) atoms. The maximum Gasteiger partial charge on any atom is 0.134 e. The van der Waals surface area contributed by atoms with Crippen molar-refractivity contribution < 1.29 is 4.74 Å². The fourth-order valence-electron chi connectivity index (χ4n) is 1.81. The number of alkyl halides is 1. The van der Waals surface area contributed by atoms with Gasteiger partial charge < -0.3 is 4.74 Å². The van der Waals surface area contributed by atoms with Gasteiger partial charge in [0, 0.05) is 18.3 Å².